The summed E-state index contributed by atoms with van der Waals surface area (Å²) in [6, 6.07) is 0. The molecular formula is C17H30. The third kappa shape index (κ3) is 15.2. The maximum absolute atomic E-state index is 3.66. The number of rotatable bonds is 12. The van der Waals surface area contributed by atoms with Crippen molar-refractivity contribution in [3.8, 4) is 0 Å². The fourth-order valence-corrected chi connectivity index (χ4v) is 1.82. The Kier molecular flexibility index (Phi) is 14.5. The van der Waals surface area contributed by atoms with Gasteiger partial charge in [-0.25, -0.2) is 0 Å². The molecule has 0 aromatic rings. The Morgan fingerprint density at radius 2 is 1.24 bits per heavy atom. The fraction of sp³-hybridized carbons (Fsp3) is 0.647. The van der Waals surface area contributed by atoms with Gasteiger partial charge in [-0.2, -0.15) is 0 Å². The fourth-order valence-electron chi connectivity index (χ4n) is 1.82. The van der Waals surface area contributed by atoms with E-state index < -0.39 is 0 Å². The molecule has 0 heterocycles. The molecule has 0 aromatic carbocycles. The highest BCUT2D eigenvalue weighted by atomic mass is 13.9. The first-order chi connectivity index (χ1) is 8.41. The zero-order chi connectivity index (χ0) is 12.6. The summed E-state index contributed by atoms with van der Waals surface area (Å²) >= 11 is 0. The van der Waals surface area contributed by atoms with Gasteiger partial charge in [0.25, 0.3) is 0 Å². The van der Waals surface area contributed by atoms with E-state index in [0.29, 0.717) is 0 Å². The molecule has 0 aromatic heterocycles. The summed E-state index contributed by atoms with van der Waals surface area (Å²) in [7, 11) is 0. The van der Waals surface area contributed by atoms with Crippen LogP contribution in [0, 0.1) is 0 Å². The van der Waals surface area contributed by atoms with Crippen molar-refractivity contribution in [2.75, 3.05) is 0 Å². The average molecular weight is 234 g/mol. The van der Waals surface area contributed by atoms with Crippen LogP contribution in [0.4, 0.5) is 0 Å². The average Bonchev–Trinajstić information content (AvgIpc) is 2.35. The maximum atomic E-state index is 3.66. The number of hydrogen-bond acceptors (Lipinski definition) is 0. The number of allylic oxidation sites excluding steroid dienone is 5. The summed E-state index contributed by atoms with van der Waals surface area (Å²) in [4.78, 5) is 0. The van der Waals surface area contributed by atoms with E-state index in [0.717, 1.165) is 0 Å². The van der Waals surface area contributed by atoms with Crippen molar-refractivity contribution < 1.29 is 0 Å². The van der Waals surface area contributed by atoms with E-state index in [1.807, 2.05) is 12.2 Å². The van der Waals surface area contributed by atoms with Gasteiger partial charge in [0.05, 0.1) is 0 Å². The predicted octanol–water partition coefficient (Wildman–Crippen LogP) is 6.21. The van der Waals surface area contributed by atoms with Gasteiger partial charge in [-0.1, -0.05) is 69.6 Å². The summed E-state index contributed by atoms with van der Waals surface area (Å²) in [5, 5.41) is 0. The van der Waals surface area contributed by atoms with Gasteiger partial charge < -0.3 is 0 Å². The minimum atomic E-state index is 1.21. The lowest BCUT2D eigenvalue weighted by atomic mass is 10.1. The molecule has 0 atom stereocenters. The SMILES string of the molecule is C=CC=CCCCCCCC=CCCCCC. The molecule has 0 spiro atoms. The molecule has 0 aliphatic heterocycles. The van der Waals surface area contributed by atoms with Gasteiger partial charge in [0.15, 0.2) is 0 Å². The molecule has 0 aliphatic carbocycles. The third-order valence-electron chi connectivity index (χ3n) is 2.90. The first-order valence-corrected chi connectivity index (χ1v) is 7.34. The van der Waals surface area contributed by atoms with E-state index in [9.17, 15) is 0 Å². The van der Waals surface area contributed by atoms with Gasteiger partial charge in [-0.05, 0) is 38.5 Å². The van der Waals surface area contributed by atoms with E-state index in [2.05, 4.69) is 31.7 Å². The van der Waals surface area contributed by atoms with Gasteiger partial charge in [0.1, 0.15) is 0 Å². The van der Waals surface area contributed by atoms with Crippen molar-refractivity contribution >= 4 is 0 Å². The molecule has 0 radical (unpaired) electrons. The second-order valence-electron chi connectivity index (χ2n) is 4.62. The van der Waals surface area contributed by atoms with Gasteiger partial charge in [-0.15, -0.1) is 0 Å². The highest BCUT2D eigenvalue weighted by molar-refractivity contribution is 4.96. The topological polar surface area (TPSA) is 0 Å². The molecule has 0 saturated heterocycles. The van der Waals surface area contributed by atoms with Crippen LogP contribution in [0.1, 0.15) is 71.1 Å². The normalized spacial score (nSPS) is 11.6. The molecule has 0 rings (SSSR count). The smallest absolute Gasteiger partial charge is 0.0348 e. The lowest BCUT2D eigenvalue weighted by molar-refractivity contribution is 0.651. The second kappa shape index (κ2) is 15.2. The van der Waals surface area contributed by atoms with Gasteiger partial charge in [0, 0.05) is 0 Å². The van der Waals surface area contributed by atoms with Crippen molar-refractivity contribution in [1.29, 1.82) is 0 Å². The summed E-state index contributed by atoms with van der Waals surface area (Å²) in [6.07, 6.45) is 24.1. The number of hydrogen-bond donors (Lipinski definition) is 0. The van der Waals surface area contributed by atoms with Crippen molar-refractivity contribution in [2.45, 2.75) is 71.1 Å². The first-order valence-electron chi connectivity index (χ1n) is 7.34. The molecule has 0 bridgehead atoms. The molecule has 0 nitrogen and oxygen atoms in total. The summed E-state index contributed by atoms with van der Waals surface area (Å²) in [5.41, 5.74) is 0. The van der Waals surface area contributed by atoms with Crippen LogP contribution in [0.5, 0.6) is 0 Å². The Morgan fingerprint density at radius 1 is 0.706 bits per heavy atom. The highest BCUT2D eigenvalue weighted by Crippen LogP contribution is 2.07. The molecule has 98 valence electrons. The molecule has 0 saturated carbocycles. The zero-order valence-corrected chi connectivity index (χ0v) is 11.7. The minimum absolute atomic E-state index is 1.21. The van der Waals surface area contributed by atoms with Crippen LogP contribution in [0.15, 0.2) is 37.0 Å². The standard InChI is InChI=1S/C17H30/c1-3-5-7-9-11-13-15-17-16-14-12-10-8-6-4-2/h3,5,7,12,14H,1,4,6,8-11,13,15-17H2,2H3. The molecule has 0 unspecified atom stereocenters. The van der Waals surface area contributed by atoms with E-state index >= 15 is 0 Å². The van der Waals surface area contributed by atoms with Crippen LogP contribution in [0.25, 0.3) is 0 Å². The largest absolute Gasteiger partial charge is 0.0991 e. The molecule has 0 amide bonds. The van der Waals surface area contributed by atoms with Crippen LogP contribution in [0.3, 0.4) is 0 Å². The van der Waals surface area contributed by atoms with Crippen LogP contribution in [-0.2, 0) is 0 Å². The lowest BCUT2D eigenvalue weighted by Gasteiger charge is -1.97. The van der Waals surface area contributed by atoms with Crippen molar-refractivity contribution in [3.05, 3.63) is 37.0 Å². The Hall–Kier alpha value is -0.780. The zero-order valence-electron chi connectivity index (χ0n) is 11.7. The monoisotopic (exact) mass is 234 g/mol. The van der Waals surface area contributed by atoms with Gasteiger partial charge >= 0.3 is 0 Å². The third-order valence-corrected chi connectivity index (χ3v) is 2.90. The molecule has 0 heteroatoms. The van der Waals surface area contributed by atoms with E-state index in [4.69, 9.17) is 0 Å². The van der Waals surface area contributed by atoms with E-state index in [-0.39, 0.29) is 0 Å². The Balaban J connectivity index is 3.07. The van der Waals surface area contributed by atoms with Gasteiger partial charge in [-0.3, -0.25) is 0 Å². The van der Waals surface area contributed by atoms with Crippen LogP contribution in [-0.4, -0.2) is 0 Å². The van der Waals surface area contributed by atoms with Crippen LogP contribution < -0.4 is 0 Å². The molecule has 0 N–H and O–H groups in total. The predicted molar refractivity (Wildman–Crippen MR) is 80.3 cm³/mol. The van der Waals surface area contributed by atoms with Crippen LogP contribution in [0.2, 0.25) is 0 Å². The maximum Gasteiger partial charge on any atom is -0.0348 e. The quantitative estimate of drug-likeness (QED) is 0.214. The Morgan fingerprint density at radius 3 is 1.76 bits per heavy atom. The summed E-state index contributed by atoms with van der Waals surface area (Å²) < 4.78 is 0. The Labute approximate surface area is 109 Å². The van der Waals surface area contributed by atoms with Crippen LogP contribution >= 0.6 is 0 Å². The molecule has 17 heavy (non-hydrogen) atoms. The second-order valence-corrected chi connectivity index (χ2v) is 4.62. The van der Waals surface area contributed by atoms with Crippen molar-refractivity contribution in [3.63, 3.8) is 0 Å². The lowest BCUT2D eigenvalue weighted by Crippen LogP contribution is -1.77. The Bertz CT molecular complexity index is 198. The first kappa shape index (κ1) is 16.2. The van der Waals surface area contributed by atoms with E-state index in [1.165, 1.54) is 64.2 Å². The molecule has 0 aliphatic rings. The van der Waals surface area contributed by atoms with Crippen molar-refractivity contribution in [2.24, 2.45) is 0 Å². The van der Waals surface area contributed by atoms with Gasteiger partial charge in [0.2, 0.25) is 0 Å². The molecular weight excluding hydrogens is 204 g/mol. The molecule has 0 fully saturated rings. The highest BCUT2D eigenvalue weighted by Gasteiger charge is 1.87. The van der Waals surface area contributed by atoms with E-state index in [1.54, 1.807) is 0 Å². The minimum Gasteiger partial charge on any atom is -0.0991 e. The summed E-state index contributed by atoms with van der Waals surface area (Å²) in [5.74, 6) is 0. The van der Waals surface area contributed by atoms with Crippen molar-refractivity contribution in [1.82, 2.24) is 0 Å². The number of unbranched alkanes of at least 4 members (excludes halogenated alkanes) is 8. The summed E-state index contributed by atoms with van der Waals surface area (Å²) in [6.45, 7) is 5.92.